The van der Waals surface area contributed by atoms with Gasteiger partial charge >= 0.3 is 18.1 Å². The summed E-state index contributed by atoms with van der Waals surface area (Å²) in [5.74, 6) is 6.74. The van der Waals surface area contributed by atoms with Gasteiger partial charge in [0, 0.05) is 29.5 Å². The summed E-state index contributed by atoms with van der Waals surface area (Å²) in [7, 11) is 0. The fourth-order valence-electron chi connectivity index (χ4n) is 4.20. The molecule has 1 aromatic carbocycles. The average molecular weight is 864 g/mol. The van der Waals surface area contributed by atoms with Gasteiger partial charge in [-0.2, -0.15) is 13.2 Å². The van der Waals surface area contributed by atoms with Gasteiger partial charge in [-0.25, -0.2) is 9.97 Å². The van der Waals surface area contributed by atoms with Gasteiger partial charge in [0.1, 0.15) is 20.7 Å². The molecule has 0 saturated carbocycles. The van der Waals surface area contributed by atoms with Crippen LogP contribution in [0.25, 0.3) is 11.3 Å². The summed E-state index contributed by atoms with van der Waals surface area (Å²) < 4.78 is 53.3. The Kier molecular flexibility index (Phi) is 14.4. The minimum Gasteiger partial charge on any atom is -0.465 e. The molecular formula is C33H28Cl2F3IN4O4S2. The SMILES string of the molecule is CCOC(=O)CSCc1nc2ccc(Cl)cn2c1C#Cc1cccc(C(F)(F)F)c1.CCOC(=O)CSCc1nc2ccc(Cl)cn2c1I. The number of pyridine rings is 2. The van der Waals surface area contributed by atoms with Gasteiger partial charge in [0.15, 0.2) is 0 Å². The first-order valence-corrected chi connectivity index (χ1v) is 18.7. The average Bonchev–Trinajstić information content (AvgIpc) is 3.55. The molecule has 258 valence electrons. The molecule has 16 heteroatoms. The predicted octanol–water partition coefficient (Wildman–Crippen LogP) is 8.59. The summed E-state index contributed by atoms with van der Waals surface area (Å²) in [6.45, 7) is 4.26. The van der Waals surface area contributed by atoms with Crippen molar-refractivity contribution in [2.45, 2.75) is 31.5 Å². The number of benzene rings is 1. The van der Waals surface area contributed by atoms with Crippen molar-refractivity contribution < 1.29 is 32.2 Å². The normalized spacial score (nSPS) is 11.1. The van der Waals surface area contributed by atoms with E-state index in [1.165, 1.54) is 35.7 Å². The summed E-state index contributed by atoms with van der Waals surface area (Å²) in [5.41, 5.74) is 2.98. The Hall–Kier alpha value is -3.10. The van der Waals surface area contributed by atoms with Crippen LogP contribution in [-0.4, -0.2) is 55.4 Å². The van der Waals surface area contributed by atoms with E-state index in [-0.39, 0.29) is 23.3 Å². The summed E-state index contributed by atoms with van der Waals surface area (Å²) in [5, 5.41) is 1.14. The number of carbonyl (C=O) groups excluding carboxylic acids is 2. The lowest BCUT2D eigenvalue weighted by atomic mass is 10.1. The molecule has 49 heavy (non-hydrogen) atoms. The smallest absolute Gasteiger partial charge is 0.416 e. The zero-order valence-electron chi connectivity index (χ0n) is 26.0. The van der Waals surface area contributed by atoms with E-state index < -0.39 is 11.7 Å². The van der Waals surface area contributed by atoms with Crippen molar-refractivity contribution in [3.8, 4) is 11.8 Å². The highest BCUT2D eigenvalue weighted by Crippen LogP contribution is 2.29. The molecule has 0 radical (unpaired) electrons. The van der Waals surface area contributed by atoms with Gasteiger partial charge in [-0.1, -0.05) is 35.2 Å². The van der Waals surface area contributed by atoms with Crippen LogP contribution in [0.5, 0.6) is 0 Å². The zero-order chi connectivity index (χ0) is 35.6. The van der Waals surface area contributed by atoms with Gasteiger partial charge in [-0.05, 0) is 84.8 Å². The second-order valence-electron chi connectivity index (χ2n) is 9.83. The molecule has 5 aromatic rings. The van der Waals surface area contributed by atoms with Crippen molar-refractivity contribution in [3.63, 3.8) is 0 Å². The zero-order valence-corrected chi connectivity index (χ0v) is 31.3. The van der Waals surface area contributed by atoms with E-state index in [1.807, 2.05) is 22.7 Å². The quantitative estimate of drug-likeness (QED) is 0.0785. The van der Waals surface area contributed by atoms with Crippen molar-refractivity contribution in [2.24, 2.45) is 0 Å². The van der Waals surface area contributed by atoms with Gasteiger partial charge in [-0.3, -0.25) is 18.4 Å². The minimum absolute atomic E-state index is 0.156. The summed E-state index contributed by atoms with van der Waals surface area (Å²) in [4.78, 5) is 31.8. The molecule has 0 aliphatic heterocycles. The van der Waals surface area contributed by atoms with Gasteiger partial charge in [-0.15, -0.1) is 23.5 Å². The molecule has 0 saturated heterocycles. The molecule has 0 spiro atoms. The molecule has 0 fully saturated rings. The molecule has 4 heterocycles. The summed E-state index contributed by atoms with van der Waals surface area (Å²) in [6.07, 6.45) is -0.964. The van der Waals surface area contributed by atoms with Gasteiger partial charge < -0.3 is 9.47 Å². The molecular weight excluding hydrogens is 835 g/mol. The number of aromatic nitrogens is 4. The van der Waals surface area contributed by atoms with Crippen molar-refractivity contribution in [1.82, 2.24) is 18.8 Å². The Morgan fingerprint density at radius 1 is 0.837 bits per heavy atom. The van der Waals surface area contributed by atoms with Crippen LogP contribution in [0.2, 0.25) is 10.0 Å². The topological polar surface area (TPSA) is 87.2 Å². The lowest BCUT2D eigenvalue weighted by Crippen LogP contribution is -2.07. The van der Waals surface area contributed by atoms with Gasteiger partial charge in [0.2, 0.25) is 0 Å². The highest BCUT2D eigenvalue weighted by molar-refractivity contribution is 14.1. The number of thioether (sulfide) groups is 2. The Labute approximate surface area is 312 Å². The molecule has 4 aromatic heterocycles. The lowest BCUT2D eigenvalue weighted by Gasteiger charge is -2.05. The number of hydrogen-bond acceptors (Lipinski definition) is 8. The maximum Gasteiger partial charge on any atom is 0.416 e. The number of ether oxygens (including phenoxy) is 2. The Balaban J connectivity index is 0.000000244. The molecule has 0 unspecified atom stereocenters. The first kappa shape index (κ1) is 38.7. The Bertz CT molecular complexity index is 2010. The van der Waals surface area contributed by atoms with Crippen LogP contribution < -0.4 is 0 Å². The first-order valence-electron chi connectivity index (χ1n) is 14.5. The molecule has 0 bridgehead atoms. The molecule has 0 aliphatic carbocycles. The molecule has 0 amide bonds. The number of rotatable bonds is 10. The second-order valence-corrected chi connectivity index (χ2v) is 13.7. The highest BCUT2D eigenvalue weighted by atomic mass is 127. The molecule has 0 aliphatic rings. The third-order valence-corrected chi connectivity index (χ3v) is 9.71. The first-order chi connectivity index (χ1) is 23.4. The third-order valence-electron chi connectivity index (χ3n) is 6.29. The van der Waals surface area contributed by atoms with E-state index >= 15 is 0 Å². The number of fused-ring (bicyclic) bond motifs is 2. The van der Waals surface area contributed by atoms with Gasteiger partial charge in [0.05, 0.1) is 51.7 Å². The Morgan fingerprint density at radius 3 is 1.98 bits per heavy atom. The number of hydrogen-bond donors (Lipinski definition) is 0. The van der Waals surface area contributed by atoms with Crippen LogP contribution in [0, 0.1) is 15.5 Å². The third kappa shape index (κ3) is 11.2. The van der Waals surface area contributed by atoms with Crippen LogP contribution in [0.1, 0.15) is 42.1 Å². The van der Waals surface area contributed by atoms with Crippen molar-refractivity contribution in [2.75, 3.05) is 24.7 Å². The minimum atomic E-state index is -4.44. The van der Waals surface area contributed by atoms with Gasteiger partial charge in [0.25, 0.3) is 0 Å². The number of halogens is 6. The van der Waals surface area contributed by atoms with E-state index in [0.717, 1.165) is 27.2 Å². The summed E-state index contributed by atoms with van der Waals surface area (Å²) >= 11 is 17.1. The van der Waals surface area contributed by atoms with E-state index in [9.17, 15) is 22.8 Å². The fourth-order valence-corrected chi connectivity index (χ4v) is 6.97. The van der Waals surface area contributed by atoms with Crippen LogP contribution in [-0.2, 0) is 36.7 Å². The van der Waals surface area contributed by atoms with Crippen LogP contribution in [0.3, 0.4) is 0 Å². The molecule has 8 nitrogen and oxygen atoms in total. The van der Waals surface area contributed by atoms with E-state index in [1.54, 1.807) is 36.6 Å². The molecule has 0 N–H and O–H groups in total. The standard InChI is InChI=1S/C21H16ClF3N2O2S.C12H12ClIN2O2S/c1-2-29-20(28)13-30-12-17-18(27-11-16(22)7-9-19(27)26-17)8-6-14-4-3-5-15(10-14)21(23,24)25;1-2-18-11(17)7-19-6-9-12(14)16-5-8(13)3-4-10(16)15-9/h3-5,7,9-11H,2,12-13H2,1H3;3-5H,2,6-7H2,1H3. The van der Waals surface area contributed by atoms with Crippen molar-refractivity contribution in [3.05, 3.63) is 103 Å². The largest absolute Gasteiger partial charge is 0.465 e. The fraction of sp³-hybridized carbons (Fsp3) is 0.273. The van der Waals surface area contributed by atoms with Crippen molar-refractivity contribution in [1.29, 1.82) is 0 Å². The number of nitrogens with zero attached hydrogens (tertiary/aromatic N) is 4. The number of esters is 2. The maximum absolute atomic E-state index is 12.9. The summed E-state index contributed by atoms with van der Waals surface area (Å²) in [6, 6.07) is 11.9. The number of carbonyl (C=O) groups is 2. The second kappa shape index (κ2) is 18.2. The van der Waals surface area contributed by atoms with Crippen LogP contribution in [0.15, 0.2) is 60.9 Å². The highest BCUT2D eigenvalue weighted by Gasteiger charge is 2.30. The van der Waals surface area contributed by atoms with E-state index in [4.69, 9.17) is 32.7 Å². The van der Waals surface area contributed by atoms with Crippen molar-refractivity contribution >= 4 is 92.5 Å². The van der Waals surface area contributed by atoms with Crippen LogP contribution >= 0.6 is 69.3 Å². The van der Waals surface area contributed by atoms with Crippen LogP contribution in [0.4, 0.5) is 13.2 Å². The lowest BCUT2D eigenvalue weighted by molar-refractivity contribution is -0.140. The predicted molar refractivity (Wildman–Crippen MR) is 196 cm³/mol. The molecule has 0 atom stereocenters. The van der Waals surface area contributed by atoms with E-state index in [2.05, 4.69) is 44.4 Å². The maximum atomic E-state index is 12.9. The van der Waals surface area contributed by atoms with E-state index in [0.29, 0.717) is 57.6 Å². The number of alkyl halides is 3. The number of imidazole rings is 2. The monoisotopic (exact) mass is 862 g/mol. The molecule has 5 rings (SSSR count). The Morgan fingerprint density at radius 2 is 1.39 bits per heavy atom.